The van der Waals surface area contributed by atoms with Gasteiger partial charge in [0.25, 0.3) is 31.8 Å². The fourth-order valence-electron chi connectivity index (χ4n) is 3.32. The van der Waals surface area contributed by atoms with Gasteiger partial charge >= 0.3 is 0 Å². The van der Waals surface area contributed by atoms with E-state index in [1.165, 1.54) is 36.4 Å². The number of carbonyl (C=O) groups excluding carboxylic acids is 1. The average molecular weight is 583 g/mol. The first-order chi connectivity index (χ1) is 17.5. The Bertz CT molecular complexity index is 1810. The summed E-state index contributed by atoms with van der Waals surface area (Å²) in [5.41, 5.74) is -1.36. The number of sulfone groups is 1. The van der Waals surface area contributed by atoms with E-state index < -0.39 is 61.3 Å². The fourth-order valence-corrected chi connectivity index (χ4v) is 5.55. The Kier molecular flexibility index (Phi) is 7.85. The molecule has 0 heterocycles. The van der Waals surface area contributed by atoms with Crippen LogP contribution in [0, 0.1) is 10.1 Å². The standard InChI is InChI=1S/C22H18N2O11S3/c1-36(28,29)20-11-9-16(12-18(20)24(26)27)22(25)23-17-10-8-15(21(13-17)38(33,34)35)7-6-14-4-2-3-5-19(14)37(30,31)32/h2-13H,1H3,(H,23,25)(H,30,31,32)(H,33,34,35). The first kappa shape index (κ1) is 28.6. The van der Waals surface area contributed by atoms with Crippen molar-refractivity contribution in [3.63, 3.8) is 0 Å². The number of hydrogen-bond donors (Lipinski definition) is 3. The topological polar surface area (TPSA) is 215 Å². The minimum absolute atomic E-state index is 0.0211. The van der Waals surface area contributed by atoms with Crippen molar-refractivity contribution < 1.29 is 44.1 Å². The summed E-state index contributed by atoms with van der Waals surface area (Å²) < 4.78 is 89.7. The second-order valence-electron chi connectivity index (χ2n) is 7.74. The van der Waals surface area contributed by atoms with E-state index in [-0.39, 0.29) is 22.4 Å². The predicted octanol–water partition coefficient (Wildman–Crippen LogP) is 2.91. The summed E-state index contributed by atoms with van der Waals surface area (Å²) in [4.78, 5) is 21.3. The normalized spacial score (nSPS) is 12.4. The lowest BCUT2D eigenvalue weighted by atomic mass is 10.1. The Hall–Kier alpha value is -3.96. The van der Waals surface area contributed by atoms with Gasteiger partial charge in [0.1, 0.15) is 14.7 Å². The van der Waals surface area contributed by atoms with E-state index in [0.29, 0.717) is 0 Å². The molecule has 0 aliphatic carbocycles. The Labute approximate surface area is 217 Å². The Balaban J connectivity index is 1.99. The number of anilines is 1. The van der Waals surface area contributed by atoms with Crippen molar-refractivity contribution in [2.24, 2.45) is 0 Å². The molecule has 3 aromatic carbocycles. The maximum atomic E-state index is 12.6. The van der Waals surface area contributed by atoms with Crippen LogP contribution in [0.4, 0.5) is 11.4 Å². The highest BCUT2D eigenvalue weighted by molar-refractivity contribution is 7.90. The molecule has 0 unspecified atom stereocenters. The molecule has 0 bridgehead atoms. The number of nitro benzene ring substituents is 1. The van der Waals surface area contributed by atoms with Gasteiger partial charge in [-0.25, -0.2) is 8.42 Å². The molecular formula is C22H18N2O11S3. The molecule has 0 saturated heterocycles. The van der Waals surface area contributed by atoms with Gasteiger partial charge in [-0.2, -0.15) is 16.8 Å². The van der Waals surface area contributed by atoms with Gasteiger partial charge < -0.3 is 5.32 Å². The average Bonchev–Trinajstić information content (AvgIpc) is 2.81. The fraction of sp³-hybridized carbons (Fsp3) is 0.0455. The van der Waals surface area contributed by atoms with E-state index >= 15 is 0 Å². The van der Waals surface area contributed by atoms with Gasteiger partial charge in [0.05, 0.1) is 4.92 Å². The van der Waals surface area contributed by atoms with Crippen LogP contribution in [0.1, 0.15) is 21.5 Å². The summed E-state index contributed by atoms with van der Waals surface area (Å²) in [7, 11) is -13.4. The molecule has 16 heteroatoms. The van der Waals surface area contributed by atoms with Crippen molar-refractivity contribution in [2.45, 2.75) is 14.7 Å². The van der Waals surface area contributed by atoms with E-state index in [0.717, 1.165) is 42.7 Å². The van der Waals surface area contributed by atoms with Crippen LogP contribution < -0.4 is 5.32 Å². The first-order valence-electron chi connectivity index (χ1n) is 10.1. The van der Waals surface area contributed by atoms with Crippen molar-refractivity contribution >= 4 is 59.5 Å². The molecule has 0 saturated carbocycles. The van der Waals surface area contributed by atoms with Gasteiger partial charge in [0, 0.05) is 23.6 Å². The zero-order valence-corrected chi connectivity index (χ0v) is 21.6. The molecule has 0 aromatic heterocycles. The van der Waals surface area contributed by atoms with Crippen molar-refractivity contribution in [3.05, 3.63) is 87.5 Å². The molecule has 0 aliphatic heterocycles. The Morgan fingerprint density at radius 2 is 1.39 bits per heavy atom. The van der Waals surface area contributed by atoms with Crippen molar-refractivity contribution in [2.75, 3.05) is 11.6 Å². The zero-order chi connectivity index (χ0) is 28.5. The SMILES string of the molecule is CS(=O)(=O)c1ccc(C(=O)Nc2ccc(C=Cc3ccccc3S(=O)(=O)O)c(S(=O)(=O)O)c2)cc1[N+](=O)[O-]. The molecule has 0 spiro atoms. The summed E-state index contributed by atoms with van der Waals surface area (Å²) in [6.07, 6.45) is 3.11. The molecule has 3 N–H and O–H groups in total. The van der Waals surface area contributed by atoms with Crippen LogP contribution in [0.3, 0.4) is 0 Å². The Morgan fingerprint density at radius 1 is 0.816 bits per heavy atom. The van der Waals surface area contributed by atoms with Gasteiger partial charge in [-0.05, 0) is 41.5 Å². The second kappa shape index (κ2) is 10.4. The number of nitrogens with zero attached hydrogens (tertiary/aromatic N) is 1. The molecule has 0 aliphatic rings. The van der Waals surface area contributed by atoms with E-state index in [2.05, 4.69) is 5.32 Å². The first-order valence-corrected chi connectivity index (χ1v) is 14.9. The monoisotopic (exact) mass is 582 g/mol. The summed E-state index contributed by atoms with van der Waals surface area (Å²) in [6.45, 7) is 0. The number of nitro groups is 1. The molecule has 3 aromatic rings. The summed E-state index contributed by atoms with van der Waals surface area (Å²) in [5, 5.41) is 13.6. The van der Waals surface area contributed by atoms with E-state index in [4.69, 9.17) is 0 Å². The summed E-state index contributed by atoms with van der Waals surface area (Å²) in [5.74, 6) is -0.945. The molecule has 0 atom stereocenters. The molecule has 3 rings (SSSR count). The second-order valence-corrected chi connectivity index (χ2v) is 12.5. The molecule has 0 radical (unpaired) electrons. The van der Waals surface area contributed by atoms with Crippen LogP contribution in [0.25, 0.3) is 12.2 Å². The van der Waals surface area contributed by atoms with Gasteiger partial charge in [-0.1, -0.05) is 36.4 Å². The largest absolute Gasteiger partial charge is 0.322 e. The highest BCUT2D eigenvalue weighted by Gasteiger charge is 2.24. The quantitative estimate of drug-likeness (QED) is 0.152. The Morgan fingerprint density at radius 3 is 1.95 bits per heavy atom. The number of benzene rings is 3. The number of amides is 1. The molecular weight excluding hydrogens is 564 g/mol. The third kappa shape index (κ3) is 6.67. The van der Waals surface area contributed by atoms with E-state index in [9.17, 15) is 49.3 Å². The molecule has 200 valence electrons. The van der Waals surface area contributed by atoms with E-state index in [1.807, 2.05) is 0 Å². The zero-order valence-electron chi connectivity index (χ0n) is 19.2. The van der Waals surface area contributed by atoms with E-state index in [1.54, 1.807) is 0 Å². The smallest absolute Gasteiger partial charge is 0.295 e. The molecule has 0 fully saturated rings. The minimum Gasteiger partial charge on any atom is -0.322 e. The van der Waals surface area contributed by atoms with Gasteiger partial charge in [-0.3, -0.25) is 24.0 Å². The highest BCUT2D eigenvalue weighted by Crippen LogP contribution is 2.27. The van der Waals surface area contributed by atoms with Crippen LogP contribution in [-0.4, -0.2) is 51.4 Å². The third-order valence-corrected chi connectivity index (χ3v) is 7.99. The van der Waals surface area contributed by atoms with Crippen molar-refractivity contribution in [1.82, 2.24) is 0 Å². The minimum atomic E-state index is -4.87. The van der Waals surface area contributed by atoms with Crippen LogP contribution in [-0.2, 0) is 30.1 Å². The predicted molar refractivity (Wildman–Crippen MR) is 136 cm³/mol. The third-order valence-electron chi connectivity index (χ3n) is 5.01. The lowest BCUT2D eigenvalue weighted by molar-refractivity contribution is -0.387. The molecule has 38 heavy (non-hydrogen) atoms. The van der Waals surface area contributed by atoms with Gasteiger partial charge in [0.15, 0.2) is 9.84 Å². The maximum absolute atomic E-state index is 12.6. The summed E-state index contributed by atoms with van der Waals surface area (Å²) in [6, 6.07) is 11.3. The van der Waals surface area contributed by atoms with Crippen molar-refractivity contribution in [1.29, 1.82) is 0 Å². The number of rotatable bonds is 8. The van der Waals surface area contributed by atoms with Gasteiger partial charge in [0.2, 0.25) is 0 Å². The molecule has 1 amide bonds. The lowest BCUT2D eigenvalue weighted by Crippen LogP contribution is -2.14. The van der Waals surface area contributed by atoms with Crippen LogP contribution in [0.15, 0.2) is 75.4 Å². The lowest BCUT2D eigenvalue weighted by Gasteiger charge is -2.10. The van der Waals surface area contributed by atoms with Gasteiger partial charge in [-0.15, -0.1) is 0 Å². The summed E-state index contributed by atoms with van der Waals surface area (Å²) >= 11 is 0. The number of carbonyl (C=O) groups is 1. The highest BCUT2D eigenvalue weighted by atomic mass is 32.2. The van der Waals surface area contributed by atoms with Crippen molar-refractivity contribution in [3.8, 4) is 0 Å². The maximum Gasteiger partial charge on any atom is 0.295 e. The van der Waals surface area contributed by atoms with Crippen LogP contribution >= 0.6 is 0 Å². The van der Waals surface area contributed by atoms with Crippen LogP contribution in [0.5, 0.6) is 0 Å². The number of hydrogen-bond acceptors (Lipinski definition) is 9. The molecule has 13 nitrogen and oxygen atoms in total. The van der Waals surface area contributed by atoms with Crippen LogP contribution in [0.2, 0.25) is 0 Å². The number of nitrogens with one attached hydrogen (secondary N) is 1.